The highest BCUT2D eigenvalue weighted by atomic mass is 15.2. The third-order valence-electron chi connectivity index (χ3n) is 3.01. The lowest BCUT2D eigenvalue weighted by Gasteiger charge is -2.18. The van der Waals surface area contributed by atoms with Crippen molar-refractivity contribution < 1.29 is 0 Å². The topological polar surface area (TPSA) is 42.1 Å². The number of aryl methyl sites for hydroxylation is 1. The summed E-state index contributed by atoms with van der Waals surface area (Å²) in [7, 11) is 2.02. The highest BCUT2D eigenvalue weighted by Gasteiger charge is 2.03. The molecule has 0 spiro atoms. The number of rotatable bonds is 4. The molecule has 0 aliphatic carbocycles. The van der Waals surface area contributed by atoms with Crippen molar-refractivity contribution in [1.29, 1.82) is 0 Å². The van der Waals surface area contributed by atoms with Crippen molar-refractivity contribution >= 4 is 11.5 Å². The fourth-order valence-corrected chi connectivity index (χ4v) is 1.88. The van der Waals surface area contributed by atoms with E-state index in [-0.39, 0.29) is 0 Å². The van der Waals surface area contributed by atoms with E-state index in [1.165, 1.54) is 11.1 Å². The van der Waals surface area contributed by atoms with Gasteiger partial charge in [0.25, 0.3) is 0 Å². The summed E-state index contributed by atoms with van der Waals surface area (Å²) in [6.07, 6.45) is 2.81. The summed E-state index contributed by atoms with van der Waals surface area (Å²) in [5.74, 6) is 0.898. The zero-order valence-corrected chi connectivity index (χ0v) is 10.9. The second kappa shape index (κ2) is 5.54. The molecule has 2 aromatic rings. The Balaban J connectivity index is 2.08. The quantitative estimate of drug-likeness (QED) is 0.895. The van der Waals surface area contributed by atoms with Crippen LogP contribution < -0.4 is 10.6 Å². The lowest BCUT2D eigenvalue weighted by atomic mass is 10.1. The Morgan fingerprint density at radius 1 is 1.11 bits per heavy atom. The van der Waals surface area contributed by atoms with Crippen LogP contribution in [0.4, 0.5) is 11.5 Å². The standard InChI is InChI=1S/C15H19N3/c1-3-12-4-6-13(7-5-12)11-18(2)15-10-14(16)8-9-17-15/h4-10H,3,11H2,1-2H3,(H2,16,17). The maximum Gasteiger partial charge on any atom is 0.130 e. The van der Waals surface area contributed by atoms with Gasteiger partial charge in [-0.05, 0) is 23.6 Å². The molecule has 3 heteroatoms. The molecule has 2 N–H and O–H groups in total. The molecule has 0 radical (unpaired) electrons. The number of anilines is 2. The number of nitrogens with zero attached hydrogens (tertiary/aromatic N) is 2. The van der Waals surface area contributed by atoms with Gasteiger partial charge in [0.15, 0.2) is 0 Å². The maximum absolute atomic E-state index is 5.76. The van der Waals surface area contributed by atoms with Crippen LogP contribution in [0.3, 0.4) is 0 Å². The zero-order chi connectivity index (χ0) is 13.0. The highest BCUT2D eigenvalue weighted by Crippen LogP contribution is 2.15. The van der Waals surface area contributed by atoms with E-state index >= 15 is 0 Å². The Morgan fingerprint density at radius 2 is 1.78 bits per heavy atom. The van der Waals surface area contributed by atoms with E-state index in [1.54, 1.807) is 12.3 Å². The maximum atomic E-state index is 5.76. The van der Waals surface area contributed by atoms with Crippen molar-refractivity contribution in [3.63, 3.8) is 0 Å². The molecule has 3 nitrogen and oxygen atoms in total. The molecular formula is C15H19N3. The first-order chi connectivity index (χ1) is 8.69. The summed E-state index contributed by atoms with van der Waals surface area (Å²) in [5.41, 5.74) is 9.15. The third-order valence-corrected chi connectivity index (χ3v) is 3.01. The minimum absolute atomic E-state index is 0.744. The molecule has 0 fully saturated rings. The normalized spacial score (nSPS) is 10.3. The van der Waals surface area contributed by atoms with Gasteiger partial charge in [-0.25, -0.2) is 4.98 Å². The number of hydrogen-bond acceptors (Lipinski definition) is 3. The van der Waals surface area contributed by atoms with Gasteiger partial charge >= 0.3 is 0 Å². The molecule has 1 aromatic carbocycles. The fraction of sp³-hybridized carbons (Fsp3) is 0.267. The fourth-order valence-electron chi connectivity index (χ4n) is 1.88. The number of pyridine rings is 1. The van der Waals surface area contributed by atoms with Crippen molar-refractivity contribution in [3.05, 3.63) is 53.7 Å². The highest BCUT2D eigenvalue weighted by molar-refractivity contribution is 5.50. The second-order valence-corrected chi connectivity index (χ2v) is 4.47. The van der Waals surface area contributed by atoms with Gasteiger partial charge in [0.1, 0.15) is 5.82 Å². The van der Waals surface area contributed by atoms with Crippen LogP contribution in [-0.4, -0.2) is 12.0 Å². The van der Waals surface area contributed by atoms with Gasteiger partial charge in [-0.2, -0.15) is 0 Å². The smallest absolute Gasteiger partial charge is 0.130 e. The summed E-state index contributed by atoms with van der Waals surface area (Å²) < 4.78 is 0. The average molecular weight is 241 g/mol. The molecule has 0 amide bonds. The van der Waals surface area contributed by atoms with Crippen LogP contribution in [0.2, 0.25) is 0 Å². The van der Waals surface area contributed by atoms with E-state index in [1.807, 2.05) is 13.1 Å². The van der Waals surface area contributed by atoms with E-state index in [9.17, 15) is 0 Å². The van der Waals surface area contributed by atoms with Crippen molar-refractivity contribution in [2.75, 3.05) is 17.7 Å². The Kier molecular flexibility index (Phi) is 3.82. The summed E-state index contributed by atoms with van der Waals surface area (Å²) in [6.45, 7) is 3.00. The predicted molar refractivity (Wildman–Crippen MR) is 76.6 cm³/mol. The van der Waals surface area contributed by atoms with Gasteiger partial charge in [0.05, 0.1) is 0 Å². The Morgan fingerprint density at radius 3 is 2.39 bits per heavy atom. The first kappa shape index (κ1) is 12.4. The molecule has 2 rings (SSSR count). The molecule has 1 heterocycles. The lowest BCUT2D eigenvalue weighted by Crippen LogP contribution is -2.17. The molecule has 94 valence electrons. The molecule has 0 saturated heterocycles. The number of nitrogens with two attached hydrogens (primary N) is 1. The van der Waals surface area contributed by atoms with Crippen LogP contribution in [0.25, 0.3) is 0 Å². The minimum Gasteiger partial charge on any atom is -0.399 e. The monoisotopic (exact) mass is 241 g/mol. The molecule has 18 heavy (non-hydrogen) atoms. The number of nitrogen functional groups attached to an aromatic ring is 1. The summed E-state index contributed by atoms with van der Waals surface area (Å²) >= 11 is 0. The van der Waals surface area contributed by atoms with Crippen molar-refractivity contribution in [3.8, 4) is 0 Å². The van der Waals surface area contributed by atoms with Crippen molar-refractivity contribution in [2.45, 2.75) is 19.9 Å². The molecule has 0 unspecified atom stereocenters. The SMILES string of the molecule is CCc1ccc(CN(C)c2cc(N)ccn2)cc1. The Bertz CT molecular complexity index is 505. The van der Waals surface area contributed by atoms with E-state index in [0.717, 1.165) is 24.5 Å². The molecule has 0 aliphatic heterocycles. The summed E-state index contributed by atoms with van der Waals surface area (Å²) in [4.78, 5) is 6.41. The Hall–Kier alpha value is -2.03. The molecule has 1 aromatic heterocycles. The third kappa shape index (κ3) is 3.00. The van der Waals surface area contributed by atoms with Crippen LogP contribution in [-0.2, 0) is 13.0 Å². The van der Waals surface area contributed by atoms with Crippen LogP contribution in [0.15, 0.2) is 42.6 Å². The lowest BCUT2D eigenvalue weighted by molar-refractivity contribution is 0.897. The van der Waals surface area contributed by atoms with Gasteiger partial charge in [-0.1, -0.05) is 31.2 Å². The number of aromatic nitrogens is 1. The van der Waals surface area contributed by atoms with Crippen LogP contribution in [0, 0.1) is 0 Å². The number of benzene rings is 1. The Labute approximate surface area is 108 Å². The first-order valence-corrected chi connectivity index (χ1v) is 6.19. The minimum atomic E-state index is 0.744. The van der Waals surface area contributed by atoms with Gasteiger partial charge in [0, 0.05) is 31.5 Å². The van der Waals surface area contributed by atoms with Gasteiger partial charge in [-0.15, -0.1) is 0 Å². The van der Waals surface area contributed by atoms with Crippen LogP contribution in [0.5, 0.6) is 0 Å². The van der Waals surface area contributed by atoms with E-state index in [4.69, 9.17) is 5.73 Å². The largest absolute Gasteiger partial charge is 0.399 e. The van der Waals surface area contributed by atoms with Gasteiger partial charge in [-0.3, -0.25) is 0 Å². The first-order valence-electron chi connectivity index (χ1n) is 6.19. The zero-order valence-electron chi connectivity index (χ0n) is 10.9. The average Bonchev–Trinajstić information content (AvgIpc) is 2.39. The van der Waals surface area contributed by atoms with Crippen molar-refractivity contribution in [2.24, 2.45) is 0 Å². The van der Waals surface area contributed by atoms with E-state index < -0.39 is 0 Å². The molecule has 0 atom stereocenters. The van der Waals surface area contributed by atoms with Gasteiger partial charge in [0.2, 0.25) is 0 Å². The van der Waals surface area contributed by atoms with Crippen LogP contribution >= 0.6 is 0 Å². The second-order valence-electron chi connectivity index (χ2n) is 4.47. The summed E-state index contributed by atoms with van der Waals surface area (Å²) in [5, 5.41) is 0. The predicted octanol–water partition coefficient (Wildman–Crippen LogP) is 2.86. The van der Waals surface area contributed by atoms with E-state index in [2.05, 4.69) is 41.1 Å². The molecular weight excluding hydrogens is 222 g/mol. The number of hydrogen-bond donors (Lipinski definition) is 1. The van der Waals surface area contributed by atoms with E-state index in [0.29, 0.717) is 0 Å². The van der Waals surface area contributed by atoms with Gasteiger partial charge < -0.3 is 10.6 Å². The molecule has 0 bridgehead atoms. The van der Waals surface area contributed by atoms with Crippen molar-refractivity contribution in [1.82, 2.24) is 4.98 Å². The molecule has 0 aliphatic rings. The molecule has 0 saturated carbocycles. The summed E-state index contributed by atoms with van der Waals surface area (Å²) in [6, 6.07) is 12.4. The van der Waals surface area contributed by atoms with Crippen LogP contribution in [0.1, 0.15) is 18.1 Å².